The van der Waals surface area contributed by atoms with Gasteiger partial charge in [0.15, 0.2) is 0 Å². The standard InChI is InChI=1S/C35H41N3O5S/c1-5-21(3)27(20-39)38-30(32(41)37-25-12-11-22-9-7-8-10-23(22)19-25)35-18-17-34(4,44-35)28(29(35)33(38)42)31(40)36-24-13-15-26(16-14-24)43-6-2/h7-16,19,21,27-30,39H,5-6,17-18,20H2,1-4H3,(H,36,40)(H,37,41)/t21-,27-,28-,29-,30?,34+,35?/m0/s1. The number of fused-ring (bicyclic) bond motifs is 2. The number of ether oxygens (including phenoxy) is 1. The largest absolute Gasteiger partial charge is 0.494 e. The molecule has 1 spiro atoms. The topological polar surface area (TPSA) is 108 Å². The Labute approximate surface area is 262 Å². The Morgan fingerprint density at radius 2 is 1.68 bits per heavy atom. The number of amides is 3. The molecule has 2 bridgehead atoms. The third kappa shape index (κ3) is 4.94. The molecule has 3 aromatic rings. The fourth-order valence-corrected chi connectivity index (χ4v) is 10.1. The Morgan fingerprint density at radius 3 is 2.36 bits per heavy atom. The highest BCUT2D eigenvalue weighted by Gasteiger charge is 2.77. The fourth-order valence-electron chi connectivity index (χ4n) is 7.73. The number of likely N-dealkylation sites (tertiary alicyclic amines) is 1. The Bertz CT molecular complexity index is 1580. The van der Waals surface area contributed by atoms with Crippen molar-refractivity contribution in [1.82, 2.24) is 4.90 Å². The SMILES string of the molecule is CCOc1ccc(NC(=O)[C@@H]2[C@H]3C(=O)N([C@@H](CO)[C@@H](C)CC)C(C(=O)Nc4ccc5ccccc5c4)C34CC[C@@]2(C)S4)cc1. The van der Waals surface area contributed by atoms with Gasteiger partial charge in [0.2, 0.25) is 17.7 Å². The summed E-state index contributed by atoms with van der Waals surface area (Å²) >= 11 is 1.63. The minimum absolute atomic E-state index is 0.0379. The molecule has 3 aliphatic heterocycles. The Morgan fingerprint density at radius 1 is 1.00 bits per heavy atom. The summed E-state index contributed by atoms with van der Waals surface area (Å²) in [5, 5.41) is 18.9. The zero-order chi connectivity index (χ0) is 31.2. The van der Waals surface area contributed by atoms with Crippen LogP contribution in [0.3, 0.4) is 0 Å². The van der Waals surface area contributed by atoms with E-state index in [0.717, 1.165) is 17.2 Å². The minimum Gasteiger partial charge on any atom is -0.494 e. The van der Waals surface area contributed by atoms with Gasteiger partial charge in [0.05, 0.1) is 35.8 Å². The molecule has 2 unspecified atom stereocenters. The first-order valence-electron chi connectivity index (χ1n) is 15.6. The molecule has 8 nitrogen and oxygen atoms in total. The molecule has 3 amide bonds. The third-order valence-corrected chi connectivity index (χ3v) is 12.0. The molecule has 3 saturated heterocycles. The number of carbonyl (C=O) groups is 3. The highest BCUT2D eigenvalue weighted by atomic mass is 32.2. The summed E-state index contributed by atoms with van der Waals surface area (Å²) < 4.78 is 4.25. The number of rotatable bonds is 10. The first kappa shape index (κ1) is 30.5. The zero-order valence-electron chi connectivity index (χ0n) is 25.7. The summed E-state index contributed by atoms with van der Waals surface area (Å²) in [5.41, 5.74) is 1.28. The monoisotopic (exact) mass is 615 g/mol. The molecule has 0 aromatic heterocycles. The summed E-state index contributed by atoms with van der Waals surface area (Å²) in [4.78, 5) is 44.7. The van der Waals surface area contributed by atoms with E-state index in [1.54, 1.807) is 28.8 Å². The molecule has 0 saturated carbocycles. The first-order valence-corrected chi connectivity index (χ1v) is 16.4. The van der Waals surface area contributed by atoms with Crippen LogP contribution in [0.25, 0.3) is 10.8 Å². The summed E-state index contributed by atoms with van der Waals surface area (Å²) in [7, 11) is 0. The molecular weight excluding hydrogens is 574 g/mol. The maximum Gasteiger partial charge on any atom is 0.248 e. The predicted molar refractivity (Wildman–Crippen MR) is 175 cm³/mol. The predicted octanol–water partition coefficient (Wildman–Crippen LogP) is 5.70. The lowest BCUT2D eigenvalue weighted by molar-refractivity contribution is -0.142. The van der Waals surface area contributed by atoms with Crippen LogP contribution < -0.4 is 15.4 Å². The zero-order valence-corrected chi connectivity index (χ0v) is 26.5. The highest BCUT2D eigenvalue weighted by molar-refractivity contribution is 8.02. The van der Waals surface area contributed by atoms with Crippen LogP contribution in [0.1, 0.15) is 47.0 Å². The molecule has 232 valence electrons. The molecule has 44 heavy (non-hydrogen) atoms. The number of anilines is 2. The van der Waals surface area contributed by atoms with Crippen LogP contribution in [-0.4, -0.2) is 62.5 Å². The molecule has 3 fully saturated rings. The molecule has 3 heterocycles. The van der Waals surface area contributed by atoms with E-state index in [4.69, 9.17) is 4.74 Å². The number of benzene rings is 3. The summed E-state index contributed by atoms with van der Waals surface area (Å²) in [6.45, 7) is 8.28. The van der Waals surface area contributed by atoms with E-state index in [9.17, 15) is 19.5 Å². The Hall–Kier alpha value is -3.56. The summed E-state index contributed by atoms with van der Waals surface area (Å²) in [6.07, 6.45) is 2.09. The normalized spacial score (nSPS) is 28.5. The van der Waals surface area contributed by atoms with E-state index in [0.29, 0.717) is 36.6 Å². The number of nitrogens with zero attached hydrogens (tertiary/aromatic N) is 1. The van der Waals surface area contributed by atoms with Crippen LogP contribution >= 0.6 is 11.8 Å². The quantitative estimate of drug-likeness (QED) is 0.270. The van der Waals surface area contributed by atoms with E-state index in [-0.39, 0.29) is 30.2 Å². The second kappa shape index (κ2) is 11.7. The van der Waals surface area contributed by atoms with Crippen molar-refractivity contribution in [2.45, 2.75) is 68.5 Å². The van der Waals surface area contributed by atoms with Gasteiger partial charge in [-0.3, -0.25) is 14.4 Å². The van der Waals surface area contributed by atoms with Gasteiger partial charge >= 0.3 is 0 Å². The second-order valence-electron chi connectivity index (χ2n) is 12.6. The molecule has 9 heteroatoms. The Kier molecular flexibility index (Phi) is 8.13. The van der Waals surface area contributed by atoms with Crippen LogP contribution in [0.5, 0.6) is 5.75 Å². The van der Waals surface area contributed by atoms with E-state index >= 15 is 0 Å². The van der Waals surface area contributed by atoms with Crippen molar-refractivity contribution in [2.24, 2.45) is 17.8 Å². The number of hydrogen-bond donors (Lipinski definition) is 3. The van der Waals surface area contributed by atoms with Gasteiger partial charge in [0.1, 0.15) is 11.8 Å². The van der Waals surface area contributed by atoms with E-state index in [1.165, 1.54) is 0 Å². The molecule has 6 rings (SSSR count). The average molecular weight is 616 g/mol. The van der Waals surface area contributed by atoms with Crippen molar-refractivity contribution < 1.29 is 24.2 Å². The lowest BCUT2D eigenvalue weighted by atomic mass is 9.66. The molecule has 3 aliphatic rings. The maximum atomic E-state index is 14.6. The summed E-state index contributed by atoms with van der Waals surface area (Å²) in [5.74, 6) is -1.34. The molecular formula is C35H41N3O5S. The van der Waals surface area contributed by atoms with E-state index < -0.39 is 33.4 Å². The minimum atomic E-state index is -0.826. The van der Waals surface area contributed by atoms with E-state index in [2.05, 4.69) is 17.6 Å². The number of aliphatic hydroxyl groups excluding tert-OH is 1. The number of aliphatic hydroxyl groups is 1. The van der Waals surface area contributed by atoms with Gasteiger partial charge in [0.25, 0.3) is 0 Å². The van der Waals surface area contributed by atoms with Crippen molar-refractivity contribution in [1.29, 1.82) is 0 Å². The number of carbonyl (C=O) groups excluding carboxylic acids is 3. The Balaban J connectivity index is 1.36. The van der Waals surface area contributed by atoms with Crippen molar-refractivity contribution >= 4 is 51.6 Å². The van der Waals surface area contributed by atoms with Crippen molar-refractivity contribution in [3.8, 4) is 5.75 Å². The number of thioether (sulfide) groups is 1. The van der Waals surface area contributed by atoms with Gasteiger partial charge in [-0.15, -0.1) is 11.8 Å². The van der Waals surface area contributed by atoms with Crippen LogP contribution in [0.15, 0.2) is 66.7 Å². The van der Waals surface area contributed by atoms with Crippen molar-refractivity contribution in [3.63, 3.8) is 0 Å². The number of hydrogen-bond acceptors (Lipinski definition) is 6. The van der Waals surface area contributed by atoms with Crippen molar-refractivity contribution in [2.75, 3.05) is 23.8 Å². The van der Waals surface area contributed by atoms with Crippen LogP contribution in [0.2, 0.25) is 0 Å². The van der Waals surface area contributed by atoms with Gasteiger partial charge in [-0.2, -0.15) is 0 Å². The maximum absolute atomic E-state index is 14.6. The molecule has 0 radical (unpaired) electrons. The van der Waals surface area contributed by atoms with E-state index in [1.807, 2.05) is 75.4 Å². The van der Waals surface area contributed by atoms with Crippen LogP contribution in [0, 0.1) is 17.8 Å². The van der Waals surface area contributed by atoms with Crippen molar-refractivity contribution in [3.05, 3.63) is 66.7 Å². The highest BCUT2D eigenvalue weighted by Crippen LogP contribution is 2.71. The van der Waals surface area contributed by atoms with Gasteiger partial charge in [-0.25, -0.2) is 0 Å². The number of nitrogens with one attached hydrogen (secondary N) is 2. The summed E-state index contributed by atoms with van der Waals surface area (Å²) in [6, 6.07) is 19.6. The average Bonchev–Trinajstić information content (AvgIpc) is 3.59. The smallest absolute Gasteiger partial charge is 0.248 e. The van der Waals surface area contributed by atoms with Gasteiger partial charge in [-0.05, 0) is 79.8 Å². The lowest BCUT2D eigenvalue weighted by Gasteiger charge is -2.39. The molecule has 0 aliphatic carbocycles. The molecule has 3 N–H and O–H groups in total. The van der Waals surface area contributed by atoms with Gasteiger partial charge in [0, 0.05) is 16.1 Å². The fraction of sp³-hybridized carbons (Fsp3) is 0.457. The van der Waals surface area contributed by atoms with Crippen LogP contribution in [0.4, 0.5) is 11.4 Å². The molecule has 7 atom stereocenters. The van der Waals surface area contributed by atoms with Gasteiger partial charge < -0.3 is 25.4 Å². The lowest BCUT2D eigenvalue weighted by Crippen LogP contribution is -2.56. The third-order valence-electron chi connectivity index (χ3n) is 10.0. The van der Waals surface area contributed by atoms with Gasteiger partial charge in [-0.1, -0.05) is 50.6 Å². The first-order chi connectivity index (χ1) is 21.2. The molecule has 3 aromatic carbocycles. The van der Waals surface area contributed by atoms with Crippen LogP contribution in [-0.2, 0) is 14.4 Å². The second-order valence-corrected chi connectivity index (χ2v) is 14.5.